The van der Waals surface area contributed by atoms with Crippen LogP contribution in [-0.4, -0.2) is 56.7 Å². The number of carbonyl (C=O) groups excluding carboxylic acids is 1. The lowest BCUT2D eigenvalue weighted by Gasteiger charge is -2.33. The molecule has 1 amide bonds. The molecule has 0 atom stereocenters. The lowest BCUT2D eigenvalue weighted by molar-refractivity contribution is 0.0936. The van der Waals surface area contributed by atoms with Crippen molar-refractivity contribution in [3.8, 4) is 17.1 Å². The summed E-state index contributed by atoms with van der Waals surface area (Å²) in [5.74, 6) is 0.921. The average Bonchev–Trinajstić information content (AvgIpc) is 3.18. The first-order valence-corrected chi connectivity index (χ1v) is 10.6. The highest BCUT2D eigenvalue weighted by atomic mass is 16.3. The molecule has 0 aliphatic carbocycles. The maximum atomic E-state index is 12.8. The smallest absolute Gasteiger partial charge is 0.256 e. The molecule has 1 aliphatic rings. The fourth-order valence-electron chi connectivity index (χ4n) is 4.09. The molecular weight excluding hydrogens is 378 g/mol. The van der Waals surface area contributed by atoms with Crippen LogP contribution in [0.15, 0.2) is 42.6 Å². The van der Waals surface area contributed by atoms with Crippen LogP contribution in [0.2, 0.25) is 0 Å². The Labute approximate surface area is 176 Å². The Bertz CT molecular complexity index is 1010. The quantitative estimate of drug-likeness (QED) is 0.656. The van der Waals surface area contributed by atoms with E-state index in [2.05, 4.69) is 34.1 Å². The predicted molar refractivity (Wildman–Crippen MR) is 116 cm³/mol. The summed E-state index contributed by atoms with van der Waals surface area (Å²) in [5.41, 5.74) is 2.21. The van der Waals surface area contributed by atoms with Crippen LogP contribution >= 0.6 is 0 Å². The molecule has 3 aromatic rings. The summed E-state index contributed by atoms with van der Waals surface area (Å²) in [6.45, 7) is 8.46. The van der Waals surface area contributed by atoms with Gasteiger partial charge in [0.25, 0.3) is 5.91 Å². The summed E-state index contributed by atoms with van der Waals surface area (Å²) in [6.07, 6.45) is 3.66. The van der Waals surface area contributed by atoms with Crippen LogP contribution in [0.5, 0.6) is 5.88 Å². The Morgan fingerprint density at radius 1 is 1.23 bits per heavy atom. The average molecular weight is 408 g/mol. The van der Waals surface area contributed by atoms with Gasteiger partial charge in [0.05, 0.1) is 11.9 Å². The number of aromatic nitrogens is 3. The van der Waals surface area contributed by atoms with Crippen molar-refractivity contribution in [1.82, 2.24) is 24.8 Å². The van der Waals surface area contributed by atoms with E-state index >= 15 is 0 Å². The van der Waals surface area contributed by atoms with Crippen LogP contribution < -0.4 is 5.32 Å². The molecule has 0 radical (unpaired) electrons. The zero-order valence-corrected chi connectivity index (χ0v) is 17.6. The van der Waals surface area contributed by atoms with Gasteiger partial charge in [0.2, 0.25) is 5.88 Å². The molecule has 2 N–H and O–H groups in total. The number of rotatable bonds is 6. The number of hydrogen-bond donors (Lipinski definition) is 2. The second-order valence-corrected chi connectivity index (χ2v) is 8.51. The van der Waals surface area contributed by atoms with Crippen molar-refractivity contribution in [3.63, 3.8) is 0 Å². The molecule has 1 aromatic carbocycles. The number of hydrogen-bond acceptors (Lipinski definition) is 5. The van der Waals surface area contributed by atoms with Crippen molar-refractivity contribution in [1.29, 1.82) is 0 Å². The van der Waals surface area contributed by atoms with E-state index in [0.717, 1.165) is 38.0 Å². The fraction of sp³-hybridized carbons (Fsp3) is 0.435. The van der Waals surface area contributed by atoms with Gasteiger partial charge in [-0.1, -0.05) is 44.2 Å². The lowest BCUT2D eigenvalue weighted by atomic mass is 9.96. The Morgan fingerprint density at radius 3 is 2.67 bits per heavy atom. The van der Waals surface area contributed by atoms with Crippen molar-refractivity contribution >= 4 is 11.6 Å². The second-order valence-electron chi connectivity index (χ2n) is 8.51. The largest absolute Gasteiger partial charge is 0.493 e. The summed E-state index contributed by atoms with van der Waals surface area (Å²) in [4.78, 5) is 19.9. The van der Waals surface area contributed by atoms with Crippen LogP contribution in [0.3, 0.4) is 0 Å². The SMILES string of the molecule is CC(C)CN1CCC(CNC(=O)c2cnn3c(O)cc(-c4ccccc4)nc23)CC1. The van der Waals surface area contributed by atoms with Gasteiger partial charge in [-0.25, -0.2) is 4.98 Å². The van der Waals surface area contributed by atoms with Gasteiger partial charge in [-0.15, -0.1) is 0 Å². The van der Waals surface area contributed by atoms with Gasteiger partial charge >= 0.3 is 0 Å². The third kappa shape index (κ3) is 4.46. The molecule has 2 aromatic heterocycles. The normalized spacial score (nSPS) is 15.7. The van der Waals surface area contributed by atoms with Crippen LogP contribution in [0.4, 0.5) is 0 Å². The summed E-state index contributed by atoms with van der Waals surface area (Å²) < 4.78 is 1.30. The highest BCUT2D eigenvalue weighted by Gasteiger charge is 2.22. The molecule has 1 fully saturated rings. The molecule has 0 saturated carbocycles. The van der Waals surface area contributed by atoms with Crippen LogP contribution in [0.1, 0.15) is 37.0 Å². The standard InChI is InChI=1S/C23H29N5O2/c1-16(2)15-27-10-8-17(9-11-27)13-24-23(30)19-14-25-28-21(29)12-20(26-22(19)28)18-6-4-3-5-7-18/h3-7,12,14,16-17,29H,8-11,13,15H2,1-2H3,(H,24,30). The second kappa shape index (κ2) is 8.83. The molecule has 1 aliphatic heterocycles. The van der Waals surface area contributed by atoms with Crippen molar-refractivity contribution in [2.45, 2.75) is 26.7 Å². The minimum absolute atomic E-state index is 0.0459. The van der Waals surface area contributed by atoms with Crippen molar-refractivity contribution in [2.75, 3.05) is 26.2 Å². The topological polar surface area (TPSA) is 82.8 Å². The highest BCUT2D eigenvalue weighted by Crippen LogP contribution is 2.24. The van der Waals surface area contributed by atoms with Gasteiger partial charge in [-0.05, 0) is 37.8 Å². The van der Waals surface area contributed by atoms with Gasteiger partial charge in [0.15, 0.2) is 5.65 Å². The lowest BCUT2D eigenvalue weighted by Crippen LogP contribution is -2.40. The first-order chi connectivity index (χ1) is 14.5. The minimum Gasteiger partial charge on any atom is -0.493 e. The van der Waals surface area contributed by atoms with E-state index in [1.807, 2.05) is 30.3 Å². The maximum absolute atomic E-state index is 12.8. The number of fused-ring (bicyclic) bond motifs is 1. The van der Waals surface area contributed by atoms with Gasteiger partial charge in [-0.2, -0.15) is 9.61 Å². The van der Waals surface area contributed by atoms with E-state index in [0.29, 0.717) is 35.3 Å². The number of nitrogens with zero attached hydrogens (tertiary/aromatic N) is 4. The maximum Gasteiger partial charge on any atom is 0.256 e. The Hall–Kier alpha value is -2.93. The van der Waals surface area contributed by atoms with Gasteiger partial charge < -0.3 is 15.3 Å². The number of nitrogens with one attached hydrogen (secondary N) is 1. The van der Waals surface area contributed by atoms with E-state index in [-0.39, 0.29) is 11.8 Å². The highest BCUT2D eigenvalue weighted by molar-refractivity contribution is 6.00. The van der Waals surface area contributed by atoms with Crippen LogP contribution in [0.25, 0.3) is 16.9 Å². The van der Waals surface area contributed by atoms with E-state index < -0.39 is 0 Å². The molecule has 4 rings (SSSR count). The van der Waals surface area contributed by atoms with E-state index in [1.165, 1.54) is 10.7 Å². The van der Waals surface area contributed by atoms with Crippen LogP contribution in [0, 0.1) is 11.8 Å². The first-order valence-electron chi connectivity index (χ1n) is 10.6. The van der Waals surface area contributed by atoms with E-state index in [4.69, 9.17) is 0 Å². The number of aromatic hydroxyl groups is 1. The molecule has 0 spiro atoms. The Kier molecular flexibility index (Phi) is 5.99. The third-order valence-electron chi connectivity index (χ3n) is 5.65. The Balaban J connectivity index is 1.44. The molecule has 7 nitrogen and oxygen atoms in total. The molecule has 158 valence electrons. The number of piperidine rings is 1. The molecule has 30 heavy (non-hydrogen) atoms. The van der Waals surface area contributed by atoms with Gasteiger partial charge in [-0.3, -0.25) is 4.79 Å². The summed E-state index contributed by atoms with van der Waals surface area (Å²) in [7, 11) is 0. The van der Waals surface area contributed by atoms with Gasteiger partial charge in [0.1, 0.15) is 5.56 Å². The molecule has 1 saturated heterocycles. The molecular formula is C23H29N5O2. The number of carbonyl (C=O) groups is 1. The molecule has 0 bridgehead atoms. The molecule has 0 unspecified atom stereocenters. The van der Waals surface area contributed by atoms with Crippen LogP contribution in [-0.2, 0) is 0 Å². The minimum atomic E-state index is -0.202. The summed E-state index contributed by atoms with van der Waals surface area (Å²) in [5, 5.41) is 17.5. The molecule has 7 heteroatoms. The summed E-state index contributed by atoms with van der Waals surface area (Å²) >= 11 is 0. The predicted octanol–water partition coefficient (Wildman–Crippen LogP) is 3.20. The van der Waals surface area contributed by atoms with E-state index in [9.17, 15) is 9.90 Å². The third-order valence-corrected chi connectivity index (χ3v) is 5.65. The van der Waals surface area contributed by atoms with E-state index in [1.54, 1.807) is 6.07 Å². The Morgan fingerprint density at radius 2 is 1.97 bits per heavy atom. The van der Waals surface area contributed by atoms with Crippen molar-refractivity contribution < 1.29 is 9.90 Å². The number of amides is 1. The number of likely N-dealkylation sites (tertiary alicyclic amines) is 1. The first kappa shape index (κ1) is 20.3. The molecule has 3 heterocycles. The van der Waals surface area contributed by atoms with Crippen molar-refractivity contribution in [3.05, 3.63) is 48.2 Å². The monoisotopic (exact) mass is 407 g/mol. The van der Waals surface area contributed by atoms with Crippen molar-refractivity contribution in [2.24, 2.45) is 11.8 Å². The summed E-state index contributed by atoms with van der Waals surface area (Å²) in [6, 6.07) is 11.1. The zero-order chi connectivity index (χ0) is 21.1. The zero-order valence-electron chi connectivity index (χ0n) is 17.6. The van der Waals surface area contributed by atoms with Gasteiger partial charge in [0, 0.05) is 24.7 Å². The number of benzene rings is 1. The fourth-order valence-corrected chi connectivity index (χ4v) is 4.09.